The van der Waals surface area contributed by atoms with E-state index in [4.69, 9.17) is 10.2 Å². The number of aromatic carboxylic acids is 1. The number of thiophene rings is 1. The minimum Gasteiger partial charge on any atom is -0.477 e. The lowest BCUT2D eigenvalue weighted by Crippen LogP contribution is -2.22. The van der Waals surface area contributed by atoms with Crippen LogP contribution in [0, 0.1) is 0 Å². The Morgan fingerprint density at radius 2 is 1.83 bits per heavy atom. The summed E-state index contributed by atoms with van der Waals surface area (Å²) in [5.74, 6) is -4.34. The lowest BCUT2D eigenvalue weighted by molar-refractivity contribution is -0.147. The van der Waals surface area contributed by atoms with Crippen molar-refractivity contribution in [3.63, 3.8) is 0 Å². The number of carboxylic acids is 2. The van der Waals surface area contributed by atoms with Crippen molar-refractivity contribution in [2.24, 2.45) is 0 Å². The average molecular weight is 267 g/mol. The van der Waals surface area contributed by atoms with Gasteiger partial charge in [0.25, 0.3) is 0 Å². The molecule has 2 aromatic heterocycles. The highest BCUT2D eigenvalue weighted by Crippen LogP contribution is 2.32. The molecule has 0 atom stereocenters. The molecule has 0 aliphatic carbocycles. The summed E-state index contributed by atoms with van der Waals surface area (Å²) in [7, 11) is 0. The molecule has 0 bridgehead atoms. The number of anilines is 1. The van der Waals surface area contributed by atoms with Gasteiger partial charge in [0.05, 0.1) is 5.69 Å². The first kappa shape index (κ1) is 11.9. The van der Waals surface area contributed by atoms with Crippen molar-refractivity contribution in [1.29, 1.82) is 0 Å². The summed E-state index contributed by atoms with van der Waals surface area (Å²) >= 11 is 0.805. The molecule has 0 radical (unpaired) electrons. The smallest absolute Gasteiger partial charge is 0.394 e. The van der Waals surface area contributed by atoms with E-state index in [0.29, 0.717) is 4.83 Å². The van der Waals surface area contributed by atoms with E-state index in [1.807, 2.05) is 5.32 Å². The second-order valence-electron chi connectivity index (χ2n) is 3.08. The summed E-state index contributed by atoms with van der Waals surface area (Å²) < 4.78 is 0. The zero-order valence-corrected chi connectivity index (χ0v) is 9.39. The summed E-state index contributed by atoms with van der Waals surface area (Å²) in [6.45, 7) is 0. The van der Waals surface area contributed by atoms with E-state index in [0.717, 1.165) is 11.3 Å². The number of nitrogens with one attached hydrogen (secondary N) is 1. The molecule has 9 heteroatoms. The Morgan fingerprint density at radius 3 is 2.44 bits per heavy atom. The van der Waals surface area contributed by atoms with Gasteiger partial charge in [0.15, 0.2) is 0 Å². The number of aliphatic carboxylic acids is 1. The standard InChI is InChI=1S/C9H5N3O5S/c13-6(9(16)17)12-3-4-7(11-2-1-10-4)18-5(3)8(14)15/h1-2H,(H,12,13)(H,14,15)(H,16,17). The summed E-state index contributed by atoms with van der Waals surface area (Å²) in [6.07, 6.45) is 2.68. The summed E-state index contributed by atoms with van der Waals surface area (Å²) in [5.41, 5.74) is -0.00231. The zero-order valence-electron chi connectivity index (χ0n) is 8.58. The third kappa shape index (κ3) is 1.98. The molecule has 0 saturated heterocycles. The van der Waals surface area contributed by atoms with E-state index in [1.54, 1.807) is 0 Å². The Bertz CT molecular complexity index is 665. The van der Waals surface area contributed by atoms with E-state index < -0.39 is 17.8 Å². The fourth-order valence-corrected chi connectivity index (χ4v) is 2.16. The van der Waals surface area contributed by atoms with Crippen LogP contribution in [0.25, 0.3) is 10.3 Å². The van der Waals surface area contributed by atoms with Crippen LogP contribution in [0.1, 0.15) is 9.67 Å². The van der Waals surface area contributed by atoms with E-state index in [1.165, 1.54) is 12.4 Å². The molecule has 1 amide bonds. The van der Waals surface area contributed by atoms with Crippen LogP contribution in [0.3, 0.4) is 0 Å². The van der Waals surface area contributed by atoms with Crippen LogP contribution >= 0.6 is 11.3 Å². The number of carboxylic acid groups (broad SMARTS) is 2. The quantitative estimate of drug-likeness (QED) is 0.672. The van der Waals surface area contributed by atoms with Crippen molar-refractivity contribution in [2.45, 2.75) is 0 Å². The largest absolute Gasteiger partial charge is 0.477 e. The van der Waals surface area contributed by atoms with Crippen molar-refractivity contribution < 1.29 is 24.6 Å². The van der Waals surface area contributed by atoms with Crippen molar-refractivity contribution >= 4 is 45.2 Å². The fourth-order valence-electron chi connectivity index (χ4n) is 1.26. The first-order valence-electron chi connectivity index (χ1n) is 4.51. The molecule has 2 aromatic rings. The lowest BCUT2D eigenvalue weighted by atomic mass is 10.3. The Kier molecular flexibility index (Phi) is 2.90. The number of carbonyl (C=O) groups is 3. The first-order chi connectivity index (χ1) is 8.50. The molecule has 0 unspecified atom stereocenters. The van der Waals surface area contributed by atoms with Gasteiger partial charge in [-0.05, 0) is 0 Å². The molecule has 0 aromatic carbocycles. The number of hydrogen-bond acceptors (Lipinski definition) is 6. The first-order valence-corrected chi connectivity index (χ1v) is 5.33. The third-order valence-electron chi connectivity index (χ3n) is 1.95. The van der Waals surface area contributed by atoms with Crippen molar-refractivity contribution in [2.75, 3.05) is 5.32 Å². The molecule has 2 rings (SSSR count). The SMILES string of the molecule is O=C(O)C(=O)Nc1c(C(=O)O)sc2nccnc12. The Balaban J connectivity index is 2.58. The maximum absolute atomic E-state index is 11.1. The van der Waals surface area contributed by atoms with Crippen LogP contribution in [-0.2, 0) is 9.59 Å². The number of carbonyl (C=O) groups excluding carboxylic acids is 1. The highest BCUT2D eigenvalue weighted by Gasteiger charge is 2.23. The molecular formula is C9H5N3O5S. The number of amides is 1. The average Bonchev–Trinajstić information content (AvgIpc) is 2.68. The molecule has 92 valence electrons. The van der Waals surface area contributed by atoms with Crippen LogP contribution in [0.15, 0.2) is 12.4 Å². The number of aromatic nitrogens is 2. The van der Waals surface area contributed by atoms with Crippen LogP contribution in [-0.4, -0.2) is 38.0 Å². The second-order valence-corrected chi connectivity index (χ2v) is 4.08. The maximum atomic E-state index is 11.1. The van der Waals surface area contributed by atoms with Crippen LogP contribution in [0.2, 0.25) is 0 Å². The van der Waals surface area contributed by atoms with Crippen LogP contribution in [0.4, 0.5) is 5.69 Å². The van der Waals surface area contributed by atoms with Crippen molar-refractivity contribution in [3.8, 4) is 0 Å². The highest BCUT2D eigenvalue weighted by atomic mass is 32.1. The Hall–Kier alpha value is -2.55. The Morgan fingerprint density at radius 1 is 1.17 bits per heavy atom. The van der Waals surface area contributed by atoms with Gasteiger partial charge in [0.1, 0.15) is 15.2 Å². The summed E-state index contributed by atoms with van der Waals surface area (Å²) in [4.78, 5) is 40.4. The van der Waals surface area contributed by atoms with E-state index in [9.17, 15) is 14.4 Å². The van der Waals surface area contributed by atoms with Gasteiger partial charge in [-0.3, -0.25) is 4.79 Å². The van der Waals surface area contributed by atoms with Gasteiger partial charge in [-0.25, -0.2) is 19.6 Å². The van der Waals surface area contributed by atoms with Gasteiger partial charge in [-0.1, -0.05) is 0 Å². The predicted octanol–water partition coefficient (Wildman–Crippen LogP) is 0.413. The second kappa shape index (κ2) is 4.37. The van der Waals surface area contributed by atoms with Gasteiger partial charge < -0.3 is 15.5 Å². The van der Waals surface area contributed by atoms with Gasteiger partial charge >= 0.3 is 17.8 Å². The minimum atomic E-state index is -1.71. The Labute approximate surface area is 103 Å². The molecule has 0 saturated carbocycles. The number of rotatable bonds is 2. The van der Waals surface area contributed by atoms with Gasteiger partial charge in [-0.15, -0.1) is 11.3 Å². The van der Waals surface area contributed by atoms with Crippen molar-refractivity contribution in [3.05, 3.63) is 17.3 Å². The maximum Gasteiger partial charge on any atom is 0.394 e. The van der Waals surface area contributed by atoms with Crippen LogP contribution < -0.4 is 5.32 Å². The van der Waals surface area contributed by atoms with Gasteiger partial charge in [0, 0.05) is 12.4 Å². The van der Waals surface area contributed by atoms with Gasteiger partial charge in [0.2, 0.25) is 0 Å². The molecule has 0 fully saturated rings. The van der Waals surface area contributed by atoms with E-state index in [2.05, 4.69) is 9.97 Å². The topological polar surface area (TPSA) is 129 Å². The predicted molar refractivity (Wildman–Crippen MR) is 60.6 cm³/mol. The van der Waals surface area contributed by atoms with Crippen LogP contribution in [0.5, 0.6) is 0 Å². The van der Waals surface area contributed by atoms with Crippen molar-refractivity contribution in [1.82, 2.24) is 9.97 Å². The zero-order chi connectivity index (χ0) is 13.3. The fraction of sp³-hybridized carbons (Fsp3) is 0. The van der Waals surface area contributed by atoms with E-state index in [-0.39, 0.29) is 16.1 Å². The molecular weight excluding hydrogens is 262 g/mol. The summed E-state index contributed by atoms with van der Waals surface area (Å²) in [5, 5.41) is 19.5. The number of fused-ring (bicyclic) bond motifs is 1. The molecule has 2 heterocycles. The molecule has 18 heavy (non-hydrogen) atoms. The molecule has 0 aliphatic rings. The molecule has 0 spiro atoms. The highest BCUT2D eigenvalue weighted by molar-refractivity contribution is 7.21. The third-order valence-corrected chi connectivity index (χ3v) is 3.03. The monoisotopic (exact) mass is 267 g/mol. The van der Waals surface area contributed by atoms with E-state index >= 15 is 0 Å². The normalized spacial score (nSPS) is 10.2. The molecule has 3 N–H and O–H groups in total. The molecule has 0 aliphatic heterocycles. The number of nitrogens with zero attached hydrogens (tertiary/aromatic N) is 2. The summed E-state index contributed by atoms with van der Waals surface area (Å²) in [6, 6.07) is 0. The number of hydrogen-bond donors (Lipinski definition) is 3. The lowest BCUT2D eigenvalue weighted by Gasteiger charge is -2.00. The van der Waals surface area contributed by atoms with Gasteiger partial charge in [-0.2, -0.15) is 0 Å². The minimum absolute atomic E-state index is 0.148. The molecule has 8 nitrogen and oxygen atoms in total.